The molecule has 1 heterocycles. The van der Waals surface area contributed by atoms with Crippen LogP contribution in [0, 0.1) is 11.8 Å². The summed E-state index contributed by atoms with van der Waals surface area (Å²) in [4.78, 5) is 0. The summed E-state index contributed by atoms with van der Waals surface area (Å²) in [5.74, 6) is 0.353. The molecule has 0 saturated carbocycles. The topological polar surface area (TPSA) is 36.8 Å². The highest BCUT2D eigenvalue weighted by Crippen LogP contribution is 2.47. The fourth-order valence-corrected chi connectivity index (χ4v) is 5.40. The van der Waals surface area contributed by atoms with Crippen LogP contribution >= 0.6 is 23.2 Å². The van der Waals surface area contributed by atoms with E-state index in [0.717, 1.165) is 35.7 Å². The van der Waals surface area contributed by atoms with Gasteiger partial charge in [-0.3, -0.25) is 0 Å². The molecule has 1 fully saturated rings. The van der Waals surface area contributed by atoms with E-state index >= 15 is 0 Å². The molecule has 0 spiro atoms. The first-order valence-electron chi connectivity index (χ1n) is 10.5. The number of quaternary nitrogens is 1. The van der Waals surface area contributed by atoms with Crippen LogP contribution < -0.4 is 5.32 Å². The first-order chi connectivity index (χ1) is 13.4. The van der Waals surface area contributed by atoms with Crippen LogP contribution in [0.5, 0.6) is 0 Å². The maximum absolute atomic E-state index is 12.0. The van der Waals surface area contributed by atoms with Gasteiger partial charge in [0.2, 0.25) is 0 Å². The van der Waals surface area contributed by atoms with E-state index < -0.39 is 5.60 Å². The van der Waals surface area contributed by atoms with Crippen LogP contribution in [0.4, 0.5) is 0 Å². The third-order valence-corrected chi connectivity index (χ3v) is 7.08. The summed E-state index contributed by atoms with van der Waals surface area (Å²) in [6.07, 6.45) is 3.87. The zero-order valence-electron chi connectivity index (χ0n) is 17.0. The van der Waals surface area contributed by atoms with Crippen molar-refractivity contribution in [2.45, 2.75) is 64.1 Å². The molecule has 0 radical (unpaired) electrons. The van der Waals surface area contributed by atoms with E-state index in [9.17, 15) is 5.11 Å². The molecule has 4 heteroatoms. The quantitative estimate of drug-likeness (QED) is 0.595. The van der Waals surface area contributed by atoms with Gasteiger partial charge in [0.25, 0.3) is 0 Å². The number of rotatable bonds is 6. The van der Waals surface area contributed by atoms with Crippen molar-refractivity contribution in [1.29, 1.82) is 0 Å². The Morgan fingerprint density at radius 1 is 0.857 bits per heavy atom. The molecule has 1 aliphatic rings. The van der Waals surface area contributed by atoms with Crippen LogP contribution in [0.25, 0.3) is 0 Å². The molecule has 0 aromatic heterocycles. The second-order valence-corrected chi connectivity index (χ2v) is 9.15. The van der Waals surface area contributed by atoms with Crippen LogP contribution in [0.1, 0.15) is 69.7 Å². The fourth-order valence-electron chi connectivity index (χ4n) is 5.15. The molecule has 1 saturated heterocycles. The number of benzene rings is 2. The van der Waals surface area contributed by atoms with Gasteiger partial charge in [0.1, 0.15) is 12.1 Å². The zero-order chi connectivity index (χ0) is 20.3. The molecule has 1 aliphatic heterocycles. The molecule has 0 aliphatic carbocycles. The summed E-state index contributed by atoms with van der Waals surface area (Å²) in [5, 5.41) is 16.0. The monoisotopic (exact) mass is 420 g/mol. The molecule has 5 atom stereocenters. The van der Waals surface area contributed by atoms with E-state index in [-0.39, 0.29) is 23.9 Å². The van der Waals surface area contributed by atoms with Gasteiger partial charge in [0.05, 0.1) is 5.60 Å². The molecule has 3 rings (SSSR count). The average molecular weight is 421 g/mol. The highest BCUT2D eigenvalue weighted by molar-refractivity contribution is 6.30. The molecule has 0 unspecified atom stereocenters. The fraction of sp³-hybridized carbons (Fsp3) is 0.500. The molecule has 3 N–H and O–H groups in total. The first kappa shape index (κ1) is 21.6. The van der Waals surface area contributed by atoms with E-state index in [0.29, 0.717) is 0 Å². The average Bonchev–Trinajstić information content (AvgIpc) is 2.68. The van der Waals surface area contributed by atoms with E-state index in [4.69, 9.17) is 23.2 Å². The molecule has 152 valence electrons. The van der Waals surface area contributed by atoms with Crippen LogP contribution in [0.3, 0.4) is 0 Å². The Balaban J connectivity index is 2.06. The summed E-state index contributed by atoms with van der Waals surface area (Å²) in [6, 6.07) is 16.6. The Kier molecular flexibility index (Phi) is 7.09. The van der Waals surface area contributed by atoms with Crippen molar-refractivity contribution in [3.05, 3.63) is 69.7 Å². The number of piperidine rings is 1. The van der Waals surface area contributed by atoms with Crippen molar-refractivity contribution >= 4 is 23.2 Å². The Hall–Kier alpha value is -1.06. The molecule has 0 amide bonds. The third-order valence-electron chi connectivity index (χ3n) is 6.58. The van der Waals surface area contributed by atoms with Crippen molar-refractivity contribution in [3.8, 4) is 0 Å². The molecule has 0 bridgehead atoms. The summed E-state index contributed by atoms with van der Waals surface area (Å²) in [5.41, 5.74) is 1.76. The lowest BCUT2D eigenvalue weighted by Crippen LogP contribution is -2.93. The Labute approximate surface area is 179 Å². The third kappa shape index (κ3) is 4.26. The lowest BCUT2D eigenvalue weighted by molar-refractivity contribution is -0.765. The van der Waals surface area contributed by atoms with Gasteiger partial charge in [-0.05, 0) is 37.1 Å². The zero-order valence-corrected chi connectivity index (χ0v) is 18.5. The SMILES string of the molecule is CCC[C@H]1[C@H](c2ccc(Cl)cc2)[NH2+][C@H](c2ccc(Cl)cc2)[C@H](C)[C@]1(O)CCC. The maximum Gasteiger partial charge on any atom is 0.118 e. The van der Waals surface area contributed by atoms with Gasteiger partial charge >= 0.3 is 0 Å². The van der Waals surface area contributed by atoms with Crippen molar-refractivity contribution in [2.24, 2.45) is 11.8 Å². The Morgan fingerprint density at radius 2 is 1.36 bits per heavy atom. The van der Waals surface area contributed by atoms with Gasteiger partial charge in [-0.25, -0.2) is 0 Å². The first-order valence-corrected chi connectivity index (χ1v) is 11.2. The van der Waals surface area contributed by atoms with Gasteiger partial charge in [-0.2, -0.15) is 0 Å². The largest absolute Gasteiger partial charge is 0.389 e. The maximum atomic E-state index is 12.0. The van der Waals surface area contributed by atoms with E-state index in [1.54, 1.807) is 0 Å². The molecular formula is C24H32Cl2NO+. The van der Waals surface area contributed by atoms with Gasteiger partial charge in [-0.15, -0.1) is 0 Å². The van der Waals surface area contributed by atoms with E-state index in [1.165, 1.54) is 11.1 Å². The molecule has 2 nitrogen and oxygen atoms in total. The Bertz CT molecular complexity index is 761. The highest BCUT2D eigenvalue weighted by Gasteiger charge is 2.54. The van der Waals surface area contributed by atoms with Crippen molar-refractivity contribution in [3.63, 3.8) is 0 Å². The van der Waals surface area contributed by atoms with Gasteiger partial charge in [0, 0.05) is 33.0 Å². The van der Waals surface area contributed by atoms with Gasteiger partial charge in [0.15, 0.2) is 0 Å². The van der Waals surface area contributed by atoms with Crippen molar-refractivity contribution in [2.75, 3.05) is 0 Å². The molecule has 2 aromatic carbocycles. The van der Waals surface area contributed by atoms with Crippen molar-refractivity contribution in [1.82, 2.24) is 0 Å². The minimum absolute atomic E-state index is 0.147. The normalized spacial score (nSPS) is 30.4. The summed E-state index contributed by atoms with van der Waals surface area (Å²) >= 11 is 12.3. The second-order valence-electron chi connectivity index (χ2n) is 8.27. The van der Waals surface area contributed by atoms with Crippen LogP contribution in [0.15, 0.2) is 48.5 Å². The molecule has 28 heavy (non-hydrogen) atoms. The van der Waals surface area contributed by atoms with E-state index in [2.05, 4.69) is 50.4 Å². The molecule has 2 aromatic rings. The summed E-state index contributed by atoms with van der Waals surface area (Å²) < 4.78 is 0. The highest BCUT2D eigenvalue weighted by atomic mass is 35.5. The Morgan fingerprint density at radius 3 is 1.82 bits per heavy atom. The number of hydrogen-bond acceptors (Lipinski definition) is 1. The predicted octanol–water partition coefficient (Wildman–Crippen LogP) is 5.94. The van der Waals surface area contributed by atoms with Crippen LogP contribution in [0.2, 0.25) is 10.0 Å². The van der Waals surface area contributed by atoms with Crippen LogP contribution in [-0.2, 0) is 0 Å². The number of halogens is 2. The minimum atomic E-state index is -0.700. The lowest BCUT2D eigenvalue weighted by Gasteiger charge is -2.51. The van der Waals surface area contributed by atoms with Gasteiger partial charge < -0.3 is 10.4 Å². The van der Waals surface area contributed by atoms with Crippen LogP contribution in [-0.4, -0.2) is 10.7 Å². The lowest BCUT2D eigenvalue weighted by atomic mass is 9.62. The van der Waals surface area contributed by atoms with Crippen molar-refractivity contribution < 1.29 is 10.4 Å². The van der Waals surface area contributed by atoms with Gasteiger partial charge in [-0.1, -0.05) is 81.1 Å². The number of aliphatic hydroxyl groups is 1. The summed E-state index contributed by atoms with van der Waals surface area (Å²) in [6.45, 7) is 6.59. The number of nitrogens with two attached hydrogens (primary N) is 1. The van der Waals surface area contributed by atoms with E-state index in [1.807, 2.05) is 24.3 Å². The smallest absolute Gasteiger partial charge is 0.118 e. The standard InChI is InChI=1S/C24H31Cl2NO/c1-4-6-21-23(18-9-13-20(26)14-10-18)27-22(16(3)24(21,28)15-5-2)17-7-11-19(25)12-8-17/h7-14,16,21-23,27-28H,4-6,15H2,1-3H3/p+1/t16-,21-,22-,23-,24+/m0/s1. The number of hydrogen-bond donors (Lipinski definition) is 2. The second kappa shape index (κ2) is 9.17. The minimum Gasteiger partial charge on any atom is -0.389 e. The predicted molar refractivity (Wildman–Crippen MR) is 118 cm³/mol. The molecular weight excluding hydrogens is 389 g/mol. The summed E-state index contributed by atoms with van der Waals surface area (Å²) in [7, 11) is 0.